The minimum Gasteiger partial charge on any atom is -0.462 e. The second kappa shape index (κ2) is 6.80. The van der Waals surface area contributed by atoms with Gasteiger partial charge in [-0.3, -0.25) is 4.79 Å². The SMILES string of the molecule is C=C1CCC[C@]2(C)C[C@H]3OC(=O)[C@@H](CNCc4ccc(F)cc4)[C@@H]3C[C@H]12. The number of carbonyl (C=O) groups is 1. The zero-order valence-electron chi connectivity index (χ0n) is 15.5. The van der Waals surface area contributed by atoms with Gasteiger partial charge in [-0.1, -0.05) is 31.2 Å². The van der Waals surface area contributed by atoms with Gasteiger partial charge in [0.1, 0.15) is 11.9 Å². The first-order valence-electron chi connectivity index (χ1n) is 9.79. The molecule has 4 heteroatoms. The van der Waals surface area contributed by atoms with Crippen LogP contribution in [0.5, 0.6) is 0 Å². The van der Waals surface area contributed by atoms with Gasteiger partial charge in [-0.15, -0.1) is 0 Å². The average molecular weight is 357 g/mol. The van der Waals surface area contributed by atoms with Gasteiger partial charge in [0.25, 0.3) is 0 Å². The summed E-state index contributed by atoms with van der Waals surface area (Å²) in [6, 6.07) is 6.48. The lowest BCUT2D eigenvalue weighted by Gasteiger charge is -2.50. The molecule has 1 saturated heterocycles. The highest BCUT2D eigenvalue weighted by Crippen LogP contribution is 2.56. The molecule has 3 nitrogen and oxygen atoms in total. The molecule has 0 radical (unpaired) electrons. The Bertz CT molecular complexity index is 701. The number of ether oxygens (including phenoxy) is 1. The Kier molecular flexibility index (Phi) is 4.64. The molecule has 0 bridgehead atoms. The van der Waals surface area contributed by atoms with Gasteiger partial charge in [0.15, 0.2) is 0 Å². The Morgan fingerprint density at radius 1 is 1.35 bits per heavy atom. The molecule has 2 saturated carbocycles. The van der Waals surface area contributed by atoms with Crippen molar-refractivity contribution in [3.05, 3.63) is 47.8 Å². The van der Waals surface area contributed by atoms with Crippen molar-refractivity contribution in [1.29, 1.82) is 0 Å². The predicted octanol–water partition coefficient (Wildman–Crippen LogP) is 4.23. The number of hydrogen-bond donors (Lipinski definition) is 1. The number of esters is 1. The van der Waals surface area contributed by atoms with E-state index in [1.54, 1.807) is 12.1 Å². The average Bonchev–Trinajstić information content (AvgIpc) is 2.89. The van der Waals surface area contributed by atoms with E-state index in [9.17, 15) is 9.18 Å². The van der Waals surface area contributed by atoms with Crippen LogP contribution in [0.3, 0.4) is 0 Å². The van der Waals surface area contributed by atoms with Crippen LogP contribution in [0.15, 0.2) is 36.4 Å². The van der Waals surface area contributed by atoms with Gasteiger partial charge in [-0.05, 0) is 61.1 Å². The quantitative estimate of drug-likeness (QED) is 0.647. The van der Waals surface area contributed by atoms with Crippen LogP contribution in [-0.4, -0.2) is 18.6 Å². The highest BCUT2D eigenvalue weighted by molar-refractivity contribution is 5.75. The first kappa shape index (κ1) is 17.7. The summed E-state index contributed by atoms with van der Waals surface area (Å²) in [4.78, 5) is 12.5. The molecule has 0 amide bonds. The highest BCUT2D eigenvalue weighted by Gasteiger charge is 2.54. The van der Waals surface area contributed by atoms with Crippen molar-refractivity contribution in [1.82, 2.24) is 5.32 Å². The summed E-state index contributed by atoms with van der Waals surface area (Å²) in [5, 5.41) is 3.37. The van der Waals surface area contributed by atoms with Gasteiger partial charge in [0.2, 0.25) is 0 Å². The van der Waals surface area contributed by atoms with Crippen molar-refractivity contribution in [2.75, 3.05) is 6.54 Å². The van der Waals surface area contributed by atoms with E-state index in [-0.39, 0.29) is 35.1 Å². The summed E-state index contributed by atoms with van der Waals surface area (Å²) in [5.41, 5.74) is 2.63. The summed E-state index contributed by atoms with van der Waals surface area (Å²) in [6.45, 7) is 7.94. The first-order chi connectivity index (χ1) is 12.5. The standard InChI is InChI=1S/C22H28FNO2/c1-14-4-3-9-22(2)11-20-17(10-19(14)22)18(21(25)26-20)13-24-12-15-5-7-16(23)8-6-15/h5-8,17-20,24H,1,3-4,9-13H2,2H3/t17-,18-,19+,20+,22+/m0/s1. The topological polar surface area (TPSA) is 38.3 Å². The van der Waals surface area contributed by atoms with Crippen LogP contribution in [0.1, 0.15) is 44.6 Å². The number of allylic oxidation sites excluding steroid dienone is 1. The van der Waals surface area contributed by atoms with Crippen LogP contribution in [0.4, 0.5) is 4.39 Å². The van der Waals surface area contributed by atoms with Crippen molar-refractivity contribution in [3.8, 4) is 0 Å². The Morgan fingerprint density at radius 2 is 2.12 bits per heavy atom. The third-order valence-electron chi connectivity index (χ3n) is 6.93. The zero-order valence-corrected chi connectivity index (χ0v) is 15.5. The monoisotopic (exact) mass is 357 g/mol. The van der Waals surface area contributed by atoms with Gasteiger partial charge < -0.3 is 10.1 Å². The lowest BCUT2D eigenvalue weighted by Crippen LogP contribution is -2.45. The minimum atomic E-state index is -0.228. The van der Waals surface area contributed by atoms with E-state index >= 15 is 0 Å². The van der Waals surface area contributed by atoms with Crippen molar-refractivity contribution in [3.63, 3.8) is 0 Å². The van der Waals surface area contributed by atoms with Gasteiger partial charge in [0.05, 0.1) is 5.92 Å². The molecule has 1 heterocycles. The number of nitrogens with one attached hydrogen (secondary N) is 1. The number of hydrogen-bond acceptors (Lipinski definition) is 3. The Balaban J connectivity index is 1.40. The summed E-state index contributed by atoms with van der Waals surface area (Å²) in [6.07, 6.45) is 5.60. The van der Waals surface area contributed by atoms with E-state index in [4.69, 9.17) is 4.74 Å². The molecule has 1 aromatic carbocycles. The lowest BCUT2D eigenvalue weighted by atomic mass is 9.55. The molecule has 1 aliphatic heterocycles. The van der Waals surface area contributed by atoms with E-state index in [0.717, 1.165) is 24.8 Å². The van der Waals surface area contributed by atoms with Crippen LogP contribution in [0, 0.1) is 29.0 Å². The number of fused-ring (bicyclic) bond motifs is 2. The van der Waals surface area contributed by atoms with Crippen LogP contribution in [-0.2, 0) is 16.1 Å². The van der Waals surface area contributed by atoms with E-state index in [0.29, 0.717) is 19.0 Å². The summed E-state index contributed by atoms with van der Waals surface area (Å²) < 4.78 is 18.8. The van der Waals surface area contributed by atoms with Crippen LogP contribution < -0.4 is 5.32 Å². The Hall–Kier alpha value is -1.68. The highest BCUT2D eigenvalue weighted by atomic mass is 19.1. The molecule has 26 heavy (non-hydrogen) atoms. The fourth-order valence-corrected chi connectivity index (χ4v) is 5.46. The molecular formula is C22H28FNO2. The largest absolute Gasteiger partial charge is 0.462 e. The van der Waals surface area contributed by atoms with E-state index < -0.39 is 0 Å². The molecular weight excluding hydrogens is 329 g/mol. The molecule has 3 fully saturated rings. The number of benzene rings is 1. The second-order valence-electron chi connectivity index (χ2n) is 8.66. The Morgan fingerprint density at radius 3 is 2.88 bits per heavy atom. The van der Waals surface area contributed by atoms with Gasteiger partial charge >= 0.3 is 5.97 Å². The van der Waals surface area contributed by atoms with Gasteiger partial charge in [-0.2, -0.15) is 0 Å². The smallest absolute Gasteiger partial charge is 0.310 e. The minimum absolute atomic E-state index is 0.0561. The molecule has 2 aliphatic carbocycles. The molecule has 0 spiro atoms. The maximum absolute atomic E-state index is 13.0. The normalized spacial score (nSPS) is 36.4. The van der Waals surface area contributed by atoms with Crippen molar-refractivity contribution in [2.24, 2.45) is 23.2 Å². The first-order valence-corrected chi connectivity index (χ1v) is 9.79. The van der Waals surface area contributed by atoms with Crippen molar-refractivity contribution < 1.29 is 13.9 Å². The third kappa shape index (κ3) is 3.20. The number of halogens is 1. The summed E-state index contributed by atoms with van der Waals surface area (Å²) in [7, 11) is 0. The van der Waals surface area contributed by atoms with E-state index in [2.05, 4.69) is 18.8 Å². The lowest BCUT2D eigenvalue weighted by molar-refractivity contribution is -0.146. The van der Waals surface area contributed by atoms with Crippen LogP contribution in [0.2, 0.25) is 0 Å². The fourth-order valence-electron chi connectivity index (χ4n) is 5.46. The van der Waals surface area contributed by atoms with Crippen molar-refractivity contribution >= 4 is 5.97 Å². The third-order valence-corrected chi connectivity index (χ3v) is 6.93. The molecule has 0 aromatic heterocycles. The summed E-state index contributed by atoms with van der Waals surface area (Å²) in [5.74, 6) is 0.441. The number of rotatable bonds is 4. The van der Waals surface area contributed by atoms with Gasteiger partial charge in [0, 0.05) is 19.0 Å². The molecule has 1 N–H and O–H groups in total. The summed E-state index contributed by atoms with van der Waals surface area (Å²) >= 11 is 0. The maximum Gasteiger partial charge on any atom is 0.310 e. The second-order valence-corrected chi connectivity index (χ2v) is 8.66. The molecule has 1 aromatic rings. The predicted molar refractivity (Wildman–Crippen MR) is 98.8 cm³/mol. The molecule has 3 aliphatic rings. The molecule has 5 atom stereocenters. The maximum atomic E-state index is 13.0. The van der Waals surface area contributed by atoms with Crippen molar-refractivity contribution in [2.45, 2.75) is 51.7 Å². The van der Waals surface area contributed by atoms with E-state index in [1.807, 2.05) is 0 Å². The molecule has 140 valence electrons. The number of carbonyl (C=O) groups excluding carboxylic acids is 1. The van der Waals surface area contributed by atoms with Gasteiger partial charge in [-0.25, -0.2) is 4.39 Å². The molecule has 0 unspecified atom stereocenters. The van der Waals surface area contributed by atoms with E-state index in [1.165, 1.54) is 30.5 Å². The zero-order chi connectivity index (χ0) is 18.3. The van der Waals surface area contributed by atoms with Crippen LogP contribution >= 0.6 is 0 Å². The molecule has 4 rings (SSSR count). The Labute approximate surface area is 155 Å². The van der Waals surface area contributed by atoms with Crippen LogP contribution in [0.25, 0.3) is 0 Å². The fraction of sp³-hybridized carbons (Fsp3) is 0.591.